The van der Waals surface area contributed by atoms with Crippen LogP contribution in [-0.4, -0.2) is 53.2 Å². The molecule has 1 aliphatic rings. The lowest BCUT2D eigenvalue weighted by atomic mass is 9.88. The molecule has 166 valence electrons. The lowest BCUT2D eigenvalue weighted by Gasteiger charge is -2.34. The number of nitrogens with zero attached hydrogens (tertiary/aromatic N) is 1. The van der Waals surface area contributed by atoms with Crippen LogP contribution in [0.2, 0.25) is 0 Å². The normalized spacial score (nSPS) is 16.4. The number of carbonyl (C=O) groups excluding carboxylic acids is 3. The first-order valence-corrected chi connectivity index (χ1v) is 10.1. The molecule has 7 nitrogen and oxygen atoms in total. The van der Waals surface area contributed by atoms with Gasteiger partial charge in [-0.25, -0.2) is 4.39 Å². The highest BCUT2D eigenvalue weighted by Crippen LogP contribution is 2.30. The molecule has 1 aliphatic heterocycles. The second kappa shape index (κ2) is 11.2. The third-order valence-corrected chi connectivity index (χ3v) is 5.36. The van der Waals surface area contributed by atoms with Crippen LogP contribution in [-0.2, 0) is 19.2 Å². The number of hydrogen-bond donors (Lipinski definition) is 2. The molecule has 2 N–H and O–H groups in total. The Morgan fingerprint density at radius 1 is 1.26 bits per heavy atom. The van der Waals surface area contributed by atoms with Crippen molar-refractivity contribution >= 4 is 23.9 Å². The van der Waals surface area contributed by atoms with Gasteiger partial charge in [0.2, 0.25) is 5.91 Å². The van der Waals surface area contributed by atoms with Gasteiger partial charge in [-0.3, -0.25) is 14.4 Å². The minimum atomic E-state index is -1.42. The highest BCUT2D eigenvalue weighted by atomic mass is 19.1. The minimum absolute atomic E-state index is 0.313. The van der Waals surface area contributed by atoms with Crippen LogP contribution in [0, 0.1) is 5.92 Å². The van der Waals surface area contributed by atoms with Gasteiger partial charge in [0.15, 0.2) is 5.78 Å². The summed E-state index contributed by atoms with van der Waals surface area (Å²) >= 11 is 0. The summed E-state index contributed by atoms with van der Waals surface area (Å²) in [4.78, 5) is 49.3. The number of hydrogen-bond acceptors (Lipinski definition) is 5. The molecule has 1 heterocycles. The van der Waals surface area contributed by atoms with E-state index in [-0.39, 0.29) is 0 Å². The Kier molecular flexibility index (Phi) is 8.66. The summed E-state index contributed by atoms with van der Waals surface area (Å²) in [7, 11) is 0. The number of carbonyl (C=O) groups is 4. The third-order valence-electron chi connectivity index (χ3n) is 5.36. The van der Waals surface area contributed by atoms with Gasteiger partial charge in [-0.1, -0.05) is 37.3 Å². The zero-order valence-electron chi connectivity index (χ0n) is 17.6. The van der Waals surface area contributed by atoms with Crippen molar-refractivity contribution < 1.29 is 28.7 Å². The zero-order chi connectivity index (χ0) is 23.0. The Morgan fingerprint density at radius 3 is 2.48 bits per heavy atom. The number of rotatable bonds is 11. The first kappa shape index (κ1) is 24.0. The molecule has 31 heavy (non-hydrogen) atoms. The largest absolute Gasteiger partial charge is 0.481 e. The van der Waals surface area contributed by atoms with Crippen molar-refractivity contribution in [1.82, 2.24) is 10.2 Å². The first-order valence-electron chi connectivity index (χ1n) is 10.1. The Morgan fingerprint density at radius 2 is 1.94 bits per heavy atom. The van der Waals surface area contributed by atoms with Crippen LogP contribution >= 0.6 is 0 Å². The molecule has 1 amide bonds. The molecule has 0 bridgehead atoms. The Labute approximate surface area is 180 Å². The van der Waals surface area contributed by atoms with E-state index in [1.165, 1.54) is 0 Å². The lowest BCUT2D eigenvalue weighted by molar-refractivity contribution is -0.140. The van der Waals surface area contributed by atoms with Gasteiger partial charge in [0.1, 0.15) is 25.0 Å². The third kappa shape index (κ3) is 6.10. The molecule has 3 unspecified atom stereocenters. The van der Waals surface area contributed by atoms with E-state index in [2.05, 4.69) is 5.32 Å². The molecule has 8 heteroatoms. The molecule has 0 saturated heterocycles. The maximum atomic E-state index is 12.9. The molecule has 2 rings (SSSR count). The van der Waals surface area contributed by atoms with Crippen LogP contribution in [0.15, 0.2) is 53.8 Å². The van der Waals surface area contributed by atoms with E-state index in [0.29, 0.717) is 13.0 Å². The summed E-state index contributed by atoms with van der Waals surface area (Å²) < 4.78 is 12.8. The molecule has 0 radical (unpaired) electrons. The lowest BCUT2D eigenvalue weighted by Crippen LogP contribution is -2.46. The Hall–Kier alpha value is -3.29. The SMILES string of the molecule is CCC(C(=O)NC(CC(=O)O)C(=O)CF)C1=C(C)C=CN(C(C=O)c2ccccc2)C1. The number of carboxylic acid groups (broad SMARTS) is 1. The van der Waals surface area contributed by atoms with Crippen LogP contribution in [0.1, 0.15) is 38.3 Å². The van der Waals surface area contributed by atoms with Crippen molar-refractivity contribution in [3.63, 3.8) is 0 Å². The fraction of sp³-hybridized carbons (Fsp3) is 0.391. The summed E-state index contributed by atoms with van der Waals surface area (Å²) in [6.07, 6.45) is 4.16. The average molecular weight is 430 g/mol. The zero-order valence-corrected chi connectivity index (χ0v) is 17.6. The molecule has 1 aromatic carbocycles. The summed E-state index contributed by atoms with van der Waals surface area (Å²) in [5, 5.41) is 11.4. The highest BCUT2D eigenvalue weighted by molar-refractivity contribution is 5.93. The number of halogens is 1. The topological polar surface area (TPSA) is 104 Å². The van der Waals surface area contributed by atoms with Crippen molar-refractivity contribution in [2.45, 2.75) is 38.8 Å². The fourth-order valence-corrected chi connectivity index (χ4v) is 3.64. The number of allylic oxidation sites excluding steroid dienone is 2. The van der Waals surface area contributed by atoms with E-state index in [9.17, 15) is 23.6 Å². The molecular formula is C23H27FN2O5. The van der Waals surface area contributed by atoms with Gasteiger partial charge < -0.3 is 20.1 Å². The smallest absolute Gasteiger partial charge is 0.305 e. The number of aldehydes is 1. The second-order valence-electron chi connectivity index (χ2n) is 7.41. The molecular weight excluding hydrogens is 403 g/mol. The number of ketones is 1. The highest BCUT2D eigenvalue weighted by Gasteiger charge is 2.31. The number of amides is 1. The first-order chi connectivity index (χ1) is 14.8. The molecule has 3 atom stereocenters. The van der Waals surface area contributed by atoms with E-state index < -0.39 is 48.8 Å². The predicted octanol–water partition coefficient (Wildman–Crippen LogP) is 2.60. The molecule has 1 aromatic rings. The van der Waals surface area contributed by atoms with Gasteiger partial charge in [0, 0.05) is 12.7 Å². The van der Waals surface area contributed by atoms with E-state index >= 15 is 0 Å². The Bertz CT molecular complexity index is 881. The second-order valence-corrected chi connectivity index (χ2v) is 7.41. The molecule has 0 aromatic heterocycles. The summed E-state index contributed by atoms with van der Waals surface area (Å²) in [5.41, 5.74) is 2.42. The fourth-order valence-electron chi connectivity index (χ4n) is 3.64. The van der Waals surface area contributed by atoms with Crippen LogP contribution in [0.3, 0.4) is 0 Å². The monoisotopic (exact) mass is 430 g/mol. The summed E-state index contributed by atoms with van der Waals surface area (Å²) in [6.45, 7) is 2.60. The van der Waals surface area contributed by atoms with E-state index in [1.807, 2.05) is 48.2 Å². The molecule has 0 spiro atoms. The van der Waals surface area contributed by atoms with Gasteiger partial charge in [-0.2, -0.15) is 0 Å². The Balaban J connectivity index is 2.23. The van der Waals surface area contributed by atoms with Crippen LogP contribution in [0.25, 0.3) is 0 Å². The number of benzene rings is 1. The molecule has 0 aliphatic carbocycles. The maximum Gasteiger partial charge on any atom is 0.305 e. The summed E-state index contributed by atoms with van der Waals surface area (Å²) in [6, 6.07) is 7.28. The predicted molar refractivity (Wildman–Crippen MR) is 113 cm³/mol. The van der Waals surface area contributed by atoms with Crippen molar-refractivity contribution in [3.8, 4) is 0 Å². The van der Waals surface area contributed by atoms with E-state index in [4.69, 9.17) is 5.11 Å². The molecule has 0 saturated carbocycles. The minimum Gasteiger partial charge on any atom is -0.481 e. The van der Waals surface area contributed by atoms with E-state index in [1.54, 1.807) is 13.1 Å². The summed E-state index contributed by atoms with van der Waals surface area (Å²) in [5.74, 6) is -3.48. The van der Waals surface area contributed by atoms with Crippen molar-refractivity contribution in [3.05, 3.63) is 59.3 Å². The number of aliphatic carboxylic acids is 1. The van der Waals surface area contributed by atoms with Gasteiger partial charge in [-0.15, -0.1) is 0 Å². The number of Topliss-reactive ketones (excluding diaryl/α,β-unsaturated/α-hetero) is 1. The van der Waals surface area contributed by atoms with Crippen LogP contribution < -0.4 is 5.32 Å². The number of alkyl halides is 1. The van der Waals surface area contributed by atoms with Crippen molar-refractivity contribution in [2.24, 2.45) is 5.92 Å². The quantitative estimate of drug-likeness (QED) is 0.523. The van der Waals surface area contributed by atoms with Crippen LogP contribution in [0.5, 0.6) is 0 Å². The van der Waals surface area contributed by atoms with E-state index in [0.717, 1.165) is 23.0 Å². The van der Waals surface area contributed by atoms with Gasteiger partial charge in [0.25, 0.3) is 0 Å². The van der Waals surface area contributed by atoms with Crippen LogP contribution in [0.4, 0.5) is 4.39 Å². The standard InChI is InChI=1S/C23H27FN2O5/c1-3-17(23(31)25-19(11-22(29)30)21(28)12-24)18-13-26(10-9-15(18)2)20(14-27)16-7-5-4-6-8-16/h4-10,14,17,19-20H,3,11-13H2,1-2H3,(H,25,31)(H,29,30). The van der Waals surface area contributed by atoms with Crippen molar-refractivity contribution in [2.75, 3.05) is 13.2 Å². The van der Waals surface area contributed by atoms with Gasteiger partial charge in [-0.05, 0) is 36.1 Å². The average Bonchev–Trinajstić information content (AvgIpc) is 2.76. The van der Waals surface area contributed by atoms with Crippen molar-refractivity contribution in [1.29, 1.82) is 0 Å². The number of carboxylic acids is 1. The maximum absolute atomic E-state index is 12.9. The molecule has 0 fully saturated rings. The van der Waals surface area contributed by atoms with Gasteiger partial charge in [0.05, 0.1) is 12.3 Å². The number of nitrogens with one attached hydrogen (secondary N) is 1. The van der Waals surface area contributed by atoms with Gasteiger partial charge >= 0.3 is 5.97 Å².